The molecule has 7 aliphatic rings. The monoisotopic (exact) mass is 1390 g/mol. The predicted octanol–water partition coefficient (Wildman–Crippen LogP) is 9.33. The summed E-state index contributed by atoms with van der Waals surface area (Å²) in [6, 6.07) is 23.4. The first-order chi connectivity index (χ1) is 44.9. The molecule has 0 unspecified atom stereocenters. The number of sulfone groups is 4. The quantitative estimate of drug-likeness (QED) is 0.0202. The third-order valence-corrected chi connectivity index (χ3v) is 26.1. The molecular formula is C64H72FN5O19S5. The van der Waals surface area contributed by atoms with Crippen LogP contribution in [0.5, 0.6) is 0 Å². The summed E-state index contributed by atoms with van der Waals surface area (Å²) in [4.78, 5) is 79.6. The fourth-order valence-corrected chi connectivity index (χ4v) is 17.4. The van der Waals surface area contributed by atoms with Crippen molar-refractivity contribution in [2.24, 2.45) is 15.5 Å². The molecule has 1 aromatic heterocycles. The van der Waals surface area contributed by atoms with Crippen molar-refractivity contribution in [3.63, 3.8) is 0 Å². The van der Waals surface area contributed by atoms with E-state index < -0.39 is 74.1 Å². The van der Waals surface area contributed by atoms with Gasteiger partial charge in [-0.05, 0) is 189 Å². The molecule has 7 aliphatic carbocycles. The summed E-state index contributed by atoms with van der Waals surface area (Å²) in [5, 5.41) is 22.1. The third kappa shape index (κ3) is 18.6. The molecule has 7 saturated carbocycles. The number of esters is 2. The van der Waals surface area contributed by atoms with Crippen molar-refractivity contribution in [1.82, 2.24) is 4.98 Å². The van der Waals surface area contributed by atoms with Crippen LogP contribution in [0.2, 0.25) is 0 Å². The molecule has 94 heavy (non-hydrogen) atoms. The van der Waals surface area contributed by atoms with Gasteiger partial charge in [0.05, 0.1) is 61.0 Å². The van der Waals surface area contributed by atoms with Crippen molar-refractivity contribution >= 4 is 103 Å². The number of thiazole rings is 1. The number of halogens is 1. The fourth-order valence-electron chi connectivity index (χ4n) is 10.3. The summed E-state index contributed by atoms with van der Waals surface area (Å²) in [6.07, 6.45) is 18.3. The molecule has 0 bridgehead atoms. The van der Waals surface area contributed by atoms with Crippen LogP contribution in [-0.4, -0.2) is 144 Å². The van der Waals surface area contributed by atoms with Gasteiger partial charge in [-0.1, -0.05) is 63.2 Å². The highest BCUT2D eigenvalue weighted by molar-refractivity contribution is 7.93. The molecular weight excluding hydrogens is 1320 g/mol. The lowest BCUT2D eigenvalue weighted by molar-refractivity contribution is -0.135. The number of nitrogens with zero attached hydrogens (tertiary/aromatic N) is 4. The van der Waals surface area contributed by atoms with E-state index in [9.17, 15) is 67.1 Å². The number of rotatable bonds is 23. The first-order valence-electron chi connectivity index (χ1n) is 30.9. The number of hydrogen-bond donors (Lipinski definition) is 2. The van der Waals surface area contributed by atoms with E-state index in [0.29, 0.717) is 79.4 Å². The van der Waals surface area contributed by atoms with Crippen molar-refractivity contribution < 1.29 is 91.1 Å². The Labute approximate surface area is 548 Å². The minimum atomic E-state index is -3.32. The van der Waals surface area contributed by atoms with Crippen LogP contribution in [0.1, 0.15) is 155 Å². The maximum Gasteiger partial charge on any atom is 0.379 e. The van der Waals surface area contributed by atoms with Gasteiger partial charge in [-0.3, -0.25) is 14.9 Å². The highest BCUT2D eigenvalue weighted by Gasteiger charge is 2.40. The van der Waals surface area contributed by atoms with Crippen molar-refractivity contribution in [2.45, 2.75) is 187 Å². The molecule has 504 valence electrons. The molecule has 30 heteroatoms. The molecule has 0 atom stereocenters. The Hall–Kier alpha value is -7.80. The Kier molecular flexibility index (Phi) is 23.4. The van der Waals surface area contributed by atoms with Gasteiger partial charge in [0, 0.05) is 22.3 Å². The molecule has 1 heterocycles. The molecule has 0 saturated heterocycles. The topological polar surface area (TPSA) is 350 Å². The van der Waals surface area contributed by atoms with Gasteiger partial charge >= 0.3 is 17.9 Å². The summed E-state index contributed by atoms with van der Waals surface area (Å²) in [5.74, 6) is -4.15. The standard InChI is InChI=1S/C19H20FN3O4S2.C17H21NO5S.C16H19NO5S.C12H12O5S/c20-16-11-21-19(28-16)22-18(24)17(23-27-13-3-1-2-4-13)12-5-7-14(8-6-12)29(25,26)15-9-10-15;1-22-17(19)16(18-23-13-4-2-3-5-13)12-6-8-14(9-7-12)24(20,21)15-10-11-15;18-16(19)15(17-22-12-3-1-2-4-12)11-5-7-13(8-6-11)23(20,21)14-9-10-14;1-17-12(14)11(13)8-2-4-9(5-3-8)18(15,16)10-6-7-10/h5-8,11,13,15H,1-4,9-10H2,(H,21,22,24);6-9,13,15H,2-5,10-11H2,1H3;5-8,12,14H,1-4,9-10H2,(H,18,19);2-5,10H,6-7H2,1H3/b23-17+;18-16+;17-15+;. The number of aromatic nitrogens is 1. The zero-order valence-corrected chi connectivity index (χ0v) is 55.6. The van der Waals surface area contributed by atoms with Crippen LogP contribution < -0.4 is 5.32 Å². The molecule has 2 N–H and O–H groups in total. The number of carbonyl (C=O) groups is 5. The lowest BCUT2D eigenvalue weighted by Gasteiger charge is -2.11. The van der Waals surface area contributed by atoms with Crippen molar-refractivity contribution in [3.05, 3.63) is 131 Å². The van der Waals surface area contributed by atoms with Gasteiger partial charge in [0.15, 0.2) is 66.7 Å². The van der Waals surface area contributed by atoms with Crippen molar-refractivity contribution in [1.29, 1.82) is 0 Å². The van der Waals surface area contributed by atoms with E-state index in [4.69, 9.17) is 19.2 Å². The van der Waals surface area contributed by atoms with Crippen LogP contribution in [0, 0.1) is 5.13 Å². The Morgan fingerprint density at radius 3 is 1.04 bits per heavy atom. The molecule has 0 radical (unpaired) electrons. The molecule has 4 aromatic carbocycles. The number of methoxy groups -OCH3 is 2. The summed E-state index contributed by atoms with van der Waals surface area (Å²) < 4.78 is 119. The van der Waals surface area contributed by atoms with Crippen LogP contribution in [0.15, 0.2) is 138 Å². The molecule has 12 rings (SSSR count). The first kappa shape index (κ1) is 70.5. The van der Waals surface area contributed by atoms with Gasteiger partial charge in [-0.25, -0.2) is 53.0 Å². The van der Waals surface area contributed by atoms with E-state index in [1.807, 2.05) is 0 Å². The maximum atomic E-state index is 13.2. The Bertz CT molecular complexity index is 4110. The summed E-state index contributed by atoms with van der Waals surface area (Å²) >= 11 is 0.703. The van der Waals surface area contributed by atoms with Crippen molar-refractivity contribution in [2.75, 3.05) is 19.5 Å². The van der Waals surface area contributed by atoms with Crippen molar-refractivity contribution in [3.8, 4) is 0 Å². The normalized spacial score (nSPS) is 18.2. The number of carboxylic acid groups (broad SMARTS) is 1. The Balaban J connectivity index is 0.000000150. The van der Waals surface area contributed by atoms with Crippen LogP contribution in [0.3, 0.4) is 0 Å². The lowest BCUT2D eigenvalue weighted by Crippen LogP contribution is -2.25. The summed E-state index contributed by atoms with van der Waals surface area (Å²) in [7, 11) is -10.7. The zero-order chi connectivity index (χ0) is 67.4. The first-order valence-corrected chi connectivity index (χ1v) is 37.9. The fraction of sp³-hybridized carbons (Fsp3) is 0.453. The third-order valence-electron chi connectivity index (χ3n) is 16.3. The molecule has 0 spiro atoms. The second-order valence-corrected chi connectivity index (χ2v) is 33.4. The number of carbonyl (C=O) groups excluding carboxylic acids is 4. The van der Waals surface area contributed by atoms with E-state index >= 15 is 0 Å². The minimum absolute atomic E-state index is 0.0112. The lowest BCUT2D eigenvalue weighted by atomic mass is 10.1. The van der Waals surface area contributed by atoms with Gasteiger partial charge in [-0.15, -0.1) is 0 Å². The van der Waals surface area contributed by atoms with Crippen LogP contribution in [0.25, 0.3) is 0 Å². The van der Waals surface area contributed by atoms with E-state index in [1.165, 1.54) is 92.0 Å². The maximum absolute atomic E-state index is 13.2. The molecule has 7 fully saturated rings. The predicted molar refractivity (Wildman–Crippen MR) is 343 cm³/mol. The summed E-state index contributed by atoms with van der Waals surface area (Å²) in [5.41, 5.74) is 1.19. The zero-order valence-electron chi connectivity index (χ0n) is 51.5. The number of nitrogens with one attached hydrogen (secondary N) is 1. The number of benzene rings is 4. The van der Waals surface area contributed by atoms with Crippen LogP contribution in [-0.2, 0) is 82.5 Å². The van der Waals surface area contributed by atoms with Gasteiger partial charge in [-0.2, -0.15) is 4.39 Å². The highest BCUT2D eigenvalue weighted by atomic mass is 32.2. The van der Waals surface area contributed by atoms with Gasteiger partial charge in [0.2, 0.25) is 0 Å². The second kappa shape index (κ2) is 31.2. The second-order valence-electron chi connectivity index (χ2n) is 23.5. The molecule has 0 aliphatic heterocycles. The van der Waals surface area contributed by atoms with Gasteiger partial charge < -0.3 is 29.1 Å². The van der Waals surface area contributed by atoms with E-state index in [-0.39, 0.29) is 86.7 Å². The van der Waals surface area contributed by atoms with Gasteiger partial charge in [0.25, 0.3) is 11.7 Å². The van der Waals surface area contributed by atoms with Crippen LogP contribution >= 0.6 is 11.3 Å². The smallest absolute Gasteiger partial charge is 0.379 e. The molecule has 5 aromatic rings. The number of aliphatic carboxylic acids is 1. The number of anilines is 1. The number of amides is 1. The molecule has 24 nitrogen and oxygen atoms in total. The number of hydrogen-bond acceptors (Lipinski definition) is 23. The molecule has 1 amide bonds. The number of carboxylic acids is 1. The number of ether oxygens (including phenoxy) is 2. The number of oxime groups is 3. The van der Waals surface area contributed by atoms with E-state index in [0.717, 1.165) is 90.4 Å². The number of Topliss-reactive ketones (excluding diaryl/α,β-unsaturated/α-hetero) is 1. The largest absolute Gasteiger partial charge is 0.476 e. The number of ketones is 1. The average molecular weight is 1390 g/mol. The average Bonchev–Trinajstić information content (AvgIpc) is 1.68. The minimum Gasteiger partial charge on any atom is -0.476 e. The van der Waals surface area contributed by atoms with E-state index in [1.54, 1.807) is 12.1 Å². The van der Waals surface area contributed by atoms with E-state index in [2.05, 4.69) is 30.5 Å². The Morgan fingerprint density at radius 2 is 0.745 bits per heavy atom. The summed E-state index contributed by atoms with van der Waals surface area (Å²) in [6.45, 7) is 0. The van der Waals surface area contributed by atoms with Gasteiger partial charge in [0.1, 0.15) is 18.3 Å². The highest BCUT2D eigenvalue weighted by Crippen LogP contribution is 2.37. The Morgan fingerprint density at radius 1 is 0.447 bits per heavy atom. The van der Waals surface area contributed by atoms with Crippen LogP contribution in [0.4, 0.5) is 9.52 Å². The SMILES string of the molecule is COC(=O)/C(=N/OC1CCCC1)c1ccc(S(=O)(=O)C2CC2)cc1.COC(=O)C(=O)c1ccc(S(=O)(=O)C2CC2)cc1.O=C(Nc1ncc(F)s1)/C(=N/OC1CCCC1)c1ccc(S(=O)(=O)C2CC2)cc1.O=C(O)/C(=N/OC1CCCC1)c1ccc(S(=O)(=O)C2CC2)cc1.